The van der Waals surface area contributed by atoms with Crippen LogP contribution in [0.2, 0.25) is 0 Å². The lowest BCUT2D eigenvalue weighted by atomic mass is 9.79. The van der Waals surface area contributed by atoms with E-state index in [0.717, 1.165) is 48.6 Å². The number of hydrogen-bond donors (Lipinski definition) is 2. The summed E-state index contributed by atoms with van der Waals surface area (Å²) in [5.74, 6) is 0.720. The van der Waals surface area contributed by atoms with Crippen LogP contribution in [0.5, 0.6) is 0 Å². The van der Waals surface area contributed by atoms with E-state index in [2.05, 4.69) is 10.3 Å². The van der Waals surface area contributed by atoms with E-state index in [1.165, 1.54) is 0 Å². The van der Waals surface area contributed by atoms with Crippen LogP contribution in [0.3, 0.4) is 0 Å². The Balaban J connectivity index is 1.34. The molecule has 0 radical (unpaired) electrons. The van der Waals surface area contributed by atoms with Crippen molar-refractivity contribution in [2.75, 3.05) is 7.05 Å². The number of carbonyl (C=O) groups is 1. The van der Waals surface area contributed by atoms with Gasteiger partial charge in [0, 0.05) is 41.8 Å². The van der Waals surface area contributed by atoms with Crippen molar-refractivity contribution in [3.63, 3.8) is 0 Å². The van der Waals surface area contributed by atoms with Crippen molar-refractivity contribution >= 4 is 28.6 Å². The number of benzene rings is 1. The summed E-state index contributed by atoms with van der Waals surface area (Å²) in [6.45, 7) is 0. The monoisotopic (exact) mass is 383 g/mol. The first-order chi connectivity index (χ1) is 13.1. The normalized spacial score (nSPS) is 25.1. The number of fused-ring (bicyclic) bond motifs is 1. The highest BCUT2D eigenvalue weighted by molar-refractivity contribution is 8.02. The summed E-state index contributed by atoms with van der Waals surface area (Å²) >= 11 is 1.62. The second kappa shape index (κ2) is 7.80. The Bertz CT molecular complexity index is 915. The SMILES string of the molecule is CN1C=CSC1NC(=O)C1CCC(Cc2c[nH]c3ccccc3c2=O)CC1. The van der Waals surface area contributed by atoms with E-state index in [4.69, 9.17) is 0 Å². The van der Waals surface area contributed by atoms with Crippen molar-refractivity contribution in [2.45, 2.75) is 37.6 Å². The molecular formula is C21H25N3O2S. The Kier molecular flexibility index (Phi) is 5.25. The summed E-state index contributed by atoms with van der Waals surface area (Å²) < 4.78 is 0. The lowest BCUT2D eigenvalue weighted by molar-refractivity contribution is -0.127. The van der Waals surface area contributed by atoms with Gasteiger partial charge < -0.3 is 15.2 Å². The van der Waals surface area contributed by atoms with Crippen LogP contribution in [-0.2, 0) is 11.2 Å². The minimum atomic E-state index is 0.0198. The fraction of sp³-hybridized carbons (Fsp3) is 0.429. The number of amides is 1. The fourth-order valence-electron chi connectivity index (χ4n) is 4.06. The number of aromatic nitrogens is 1. The molecule has 0 spiro atoms. The number of nitrogens with one attached hydrogen (secondary N) is 2. The second-order valence-electron chi connectivity index (χ2n) is 7.56. The molecule has 1 atom stereocenters. The molecule has 2 aliphatic rings. The maximum Gasteiger partial charge on any atom is 0.225 e. The van der Waals surface area contributed by atoms with Crippen LogP contribution in [-0.4, -0.2) is 28.3 Å². The molecule has 1 fully saturated rings. The predicted octanol–water partition coefficient (Wildman–Crippen LogP) is 3.43. The standard InChI is InChI=1S/C21H25N3O2S/c1-24-10-11-27-21(24)23-20(26)15-8-6-14(7-9-15)12-16-13-22-18-5-3-2-4-17(18)19(16)25/h2-5,10-11,13-15,21H,6-9,12H2,1H3,(H,22,25)(H,23,26). The van der Waals surface area contributed by atoms with Gasteiger partial charge in [0.2, 0.25) is 5.91 Å². The maximum atomic E-state index is 12.7. The van der Waals surface area contributed by atoms with Crippen LogP contribution in [0.1, 0.15) is 31.2 Å². The third-order valence-electron chi connectivity index (χ3n) is 5.73. The molecular weight excluding hydrogens is 358 g/mol. The molecule has 2 heterocycles. The van der Waals surface area contributed by atoms with Crippen molar-refractivity contribution in [2.24, 2.45) is 11.8 Å². The van der Waals surface area contributed by atoms with E-state index in [1.54, 1.807) is 11.8 Å². The Morgan fingerprint density at radius 2 is 2.04 bits per heavy atom. The van der Waals surface area contributed by atoms with Gasteiger partial charge in [0.05, 0.1) is 0 Å². The third-order valence-corrected chi connectivity index (χ3v) is 6.72. The van der Waals surface area contributed by atoms with E-state index in [9.17, 15) is 9.59 Å². The van der Waals surface area contributed by atoms with E-state index in [1.807, 2.05) is 54.0 Å². The highest BCUT2D eigenvalue weighted by Crippen LogP contribution is 2.31. The first-order valence-corrected chi connectivity index (χ1v) is 10.5. The summed E-state index contributed by atoms with van der Waals surface area (Å²) in [4.78, 5) is 30.5. The van der Waals surface area contributed by atoms with Crippen LogP contribution in [0.4, 0.5) is 0 Å². The quantitative estimate of drug-likeness (QED) is 0.849. The Hall–Kier alpha value is -2.21. The number of thioether (sulfide) groups is 1. The first kappa shape index (κ1) is 18.2. The van der Waals surface area contributed by atoms with Gasteiger partial charge in [0.25, 0.3) is 0 Å². The van der Waals surface area contributed by atoms with Crippen LogP contribution < -0.4 is 10.7 Å². The third kappa shape index (κ3) is 3.90. The highest BCUT2D eigenvalue weighted by atomic mass is 32.2. The van der Waals surface area contributed by atoms with Gasteiger partial charge in [-0.2, -0.15) is 0 Å². The second-order valence-corrected chi connectivity index (χ2v) is 8.55. The molecule has 6 heteroatoms. The minimum Gasteiger partial charge on any atom is -0.361 e. The van der Waals surface area contributed by atoms with Gasteiger partial charge >= 0.3 is 0 Å². The zero-order valence-corrected chi connectivity index (χ0v) is 16.3. The number of pyridine rings is 1. The number of aromatic amines is 1. The molecule has 1 unspecified atom stereocenters. The number of hydrogen-bond acceptors (Lipinski definition) is 4. The molecule has 1 aromatic heterocycles. The number of H-pyrrole nitrogens is 1. The van der Waals surface area contributed by atoms with Gasteiger partial charge in [0.15, 0.2) is 10.9 Å². The van der Waals surface area contributed by atoms with Crippen molar-refractivity contribution < 1.29 is 4.79 Å². The summed E-state index contributed by atoms with van der Waals surface area (Å²) in [5.41, 5.74) is 1.90. The molecule has 27 heavy (non-hydrogen) atoms. The lowest BCUT2D eigenvalue weighted by Gasteiger charge is -2.29. The van der Waals surface area contributed by atoms with Gasteiger partial charge in [-0.3, -0.25) is 9.59 Å². The van der Waals surface area contributed by atoms with Crippen LogP contribution >= 0.6 is 11.8 Å². The largest absolute Gasteiger partial charge is 0.361 e. The molecule has 142 valence electrons. The van der Waals surface area contributed by atoms with Crippen LogP contribution in [0.15, 0.2) is 46.9 Å². The molecule has 0 bridgehead atoms. The molecule has 4 rings (SSSR count). The molecule has 0 saturated heterocycles. The Labute approximate surface area is 163 Å². The molecule has 1 aliphatic carbocycles. The maximum absolute atomic E-state index is 12.7. The zero-order valence-electron chi connectivity index (χ0n) is 15.5. The van der Waals surface area contributed by atoms with Crippen molar-refractivity contribution in [3.05, 3.63) is 57.9 Å². The molecule has 1 aromatic carbocycles. The molecule has 1 aliphatic heterocycles. The van der Waals surface area contributed by atoms with Gasteiger partial charge in [-0.05, 0) is 55.6 Å². The smallest absolute Gasteiger partial charge is 0.225 e. The summed E-state index contributed by atoms with van der Waals surface area (Å²) in [6, 6.07) is 7.65. The minimum absolute atomic E-state index is 0.0198. The Morgan fingerprint density at radius 3 is 2.78 bits per heavy atom. The van der Waals surface area contributed by atoms with Crippen molar-refractivity contribution in [1.29, 1.82) is 0 Å². The Morgan fingerprint density at radius 1 is 1.26 bits per heavy atom. The van der Waals surface area contributed by atoms with Gasteiger partial charge in [-0.25, -0.2) is 0 Å². The van der Waals surface area contributed by atoms with Gasteiger partial charge in [0.1, 0.15) is 0 Å². The van der Waals surface area contributed by atoms with Crippen LogP contribution in [0.25, 0.3) is 10.9 Å². The van der Waals surface area contributed by atoms with E-state index >= 15 is 0 Å². The van der Waals surface area contributed by atoms with Crippen LogP contribution in [0, 0.1) is 11.8 Å². The number of rotatable bonds is 4. The first-order valence-electron chi connectivity index (χ1n) is 9.55. The fourth-order valence-corrected chi connectivity index (χ4v) is 4.91. The average molecular weight is 384 g/mol. The number of carbonyl (C=O) groups excluding carboxylic acids is 1. The number of nitrogens with zero attached hydrogens (tertiary/aromatic N) is 1. The van der Waals surface area contributed by atoms with E-state index in [-0.39, 0.29) is 22.8 Å². The van der Waals surface area contributed by atoms with E-state index in [0.29, 0.717) is 5.92 Å². The summed E-state index contributed by atoms with van der Waals surface area (Å²) in [7, 11) is 1.97. The van der Waals surface area contributed by atoms with E-state index < -0.39 is 0 Å². The molecule has 1 saturated carbocycles. The topological polar surface area (TPSA) is 65.2 Å². The lowest BCUT2D eigenvalue weighted by Crippen LogP contribution is -2.43. The summed E-state index contributed by atoms with van der Waals surface area (Å²) in [6.07, 6.45) is 8.43. The molecule has 5 nitrogen and oxygen atoms in total. The highest BCUT2D eigenvalue weighted by Gasteiger charge is 2.29. The predicted molar refractivity (Wildman–Crippen MR) is 110 cm³/mol. The zero-order chi connectivity index (χ0) is 18.8. The molecule has 2 aromatic rings. The van der Waals surface area contributed by atoms with Gasteiger partial charge in [-0.1, -0.05) is 23.9 Å². The van der Waals surface area contributed by atoms with Gasteiger partial charge in [-0.15, -0.1) is 0 Å². The summed E-state index contributed by atoms with van der Waals surface area (Å²) in [5, 5.41) is 5.89. The van der Waals surface area contributed by atoms with Crippen molar-refractivity contribution in [1.82, 2.24) is 15.2 Å². The number of para-hydroxylation sites is 1. The average Bonchev–Trinajstić information content (AvgIpc) is 3.09. The van der Waals surface area contributed by atoms with Crippen molar-refractivity contribution in [3.8, 4) is 0 Å². The molecule has 2 N–H and O–H groups in total. The molecule has 1 amide bonds.